The van der Waals surface area contributed by atoms with E-state index < -0.39 is 5.60 Å². The van der Waals surface area contributed by atoms with Gasteiger partial charge in [-0.2, -0.15) is 4.98 Å². The Bertz CT molecular complexity index is 947. The number of pyridine rings is 1. The first-order valence-corrected chi connectivity index (χ1v) is 10.4. The minimum Gasteiger partial charge on any atom is -0.444 e. The van der Waals surface area contributed by atoms with Crippen molar-refractivity contribution in [1.82, 2.24) is 19.6 Å². The third-order valence-electron chi connectivity index (χ3n) is 5.44. The van der Waals surface area contributed by atoms with Gasteiger partial charge in [-0.25, -0.2) is 4.79 Å². The van der Waals surface area contributed by atoms with Crippen molar-refractivity contribution in [3.63, 3.8) is 0 Å². The molecule has 0 aromatic carbocycles. The van der Waals surface area contributed by atoms with Gasteiger partial charge in [0.2, 0.25) is 0 Å². The second kappa shape index (κ2) is 8.22. The zero-order chi connectivity index (χ0) is 21.3. The van der Waals surface area contributed by atoms with E-state index in [0.717, 1.165) is 19.3 Å². The van der Waals surface area contributed by atoms with Gasteiger partial charge in [-0.3, -0.25) is 4.79 Å². The lowest BCUT2D eigenvalue weighted by molar-refractivity contribution is 0.0203. The zero-order valence-electron chi connectivity index (χ0n) is 17.7. The predicted molar refractivity (Wildman–Crippen MR) is 108 cm³/mol. The normalized spacial score (nSPS) is 20.5. The third kappa shape index (κ3) is 4.56. The Morgan fingerprint density at radius 3 is 2.63 bits per heavy atom. The number of carbonyl (C=O) groups is 1. The Labute approximate surface area is 175 Å². The molecular formula is C21H28N4O5. The first-order chi connectivity index (χ1) is 14.3. The molecule has 2 fully saturated rings. The van der Waals surface area contributed by atoms with E-state index in [1.54, 1.807) is 21.7 Å². The van der Waals surface area contributed by atoms with Gasteiger partial charge in [0.15, 0.2) is 5.82 Å². The molecule has 4 rings (SSSR count). The molecule has 9 heteroatoms. The van der Waals surface area contributed by atoms with Crippen LogP contribution in [0.3, 0.4) is 0 Å². The number of carbonyl (C=O) groups excluding carboxylic acids is 1. The van der Waals surface area contributed by atoms with E-state index in [-0.39, 0.29) is 23.6 Å². The summed E-state index contributed by atoms with van der Waals surface area (Å²) in [6.45, 7) is 7.97. The lowest BCUT2D eigenvalue weighted by Gasteiger charge is -2.32. The van der Waals surface area contributed by atoms with E-state index in [1.165, 1.54) is 6.07 Å². The average molecular weight is 416 g/mol. The summed E-state index contributed by atoms with van der Waals surface area (Å²) in [5.41, 5.74) is 0.146. The van der Waals surface area contributed by atoms with Crippen LogP contribution >= 0.6 is 0 Å². The number of amides is 1. The Kier molecular flexibility index (Phi) is 5.64. The van der Waals surface area contributed by atoms with Crippen LogP contribution in [0.2, 0.25) is 0 Å². The molecule has 0 radical (unpaired) electrons. The number of hydrogen-bond acceptors (Lipinski definition) is 7. The quantitative estimate of drug-likeness (QED) is 0.758. The lowest BCUT2D eigenvalue weighted by Crippen LogP contribution is -2.41. The van der Waals surface area contributed by atoms with E-state index in [1.807, 2.05) is 20.8 Å². The molecule has 2 saturated heterocycles. The molecule has 1 amide bonds. The van der Waals surface area contributed by atoms with Crippen LogP contribution in [-0.2, 0) is 9.47 Å². The second-order valence-corrected chi connectivity index (χ2v) is 8.88. The fraction of sp³-hybridized carbons (Fsp3) is 0.619. The standard InChI is InChI=1S/C21H28N4O5/c1-21(2,3)29-20(27)24-9-6-14(7-10-24)18-22-19(30-23-18)15-4-5-17(26)25(12-15)16-8-11-28-13-16/h4-5,12,14,16H,6-11,13H2,1-3H3. The van der Waals surface area contributed by atoms with Gasteiger partial charge in [-0.1, -0.05) is 5.16 Å². The van der Waals surface area contributed by atoms with Crippen LogP contribution < -0.4 is 5.56 Å². The summed E-state index contributed by atoms with van der Waals surface area (Å²) in [5, 5.41) is 4.16. The summed E-state index contributed by atoms with van der Waals surface area (Å²) in [5.74, 6) is 1.15. The van der Waals surface area contributed by atoms with Crippen molar-refractivity contribution in [3.05, 3.63) is 34.5 Å². The van der Waals surface area contributed by atoms with Crippen molar-refractivity contribution in [2.75, 3.05) is 26.3 Å². The number of piperidine rings is 1. The molecule has 4 heterocycles. The Morgan fingerprint density at radius 2 is 1.97 bits per heavy atom. The van der Waals surface area contributed by atoms with Gasteiger partial charge >= 0.3 is 6.09 Å². The smallest absolute Gasteiger partial charge is 0.410 e. The fourth-order valence-electron chi connectivity index (χ4n) is 3.82. The molecule has 2 aliphatic heterocycles. The minimum absolute atomic E-state index is 0.0389. The molecule has 1 atom stereocenters. The van der Waals surface area contributed by atoms with Gasteiger partial charge in [0, 0.05) is 37.9 Å². The number of nitrogens with zero attached hydrogens (tertiary/aromatic N) is 4. The third-order valence-corrected chi connectivity index (χ3v) is 5.44. The maximum absolute atomic E-state index is 12.2. The van der Waals surface area contributed by atoms with Gasteiger partial charge in [-0.05, 0) is 46.1 Å². The Balaban J connectivity index is 1.42. The van der Waals surface area contributed by atoms with Crippen LogP contribution in [-0.4, -0.2) is 57.6 Å². The molecule has 1 unspecified atom stereocenters. The highest BCUT2D eigenvalue weighted by atomic mass is 16.6. The molecule has 0 spiro atoms. The largest absolute Gasteiger partial charge is 0.444 e. The van der Waals surface area contributed by atoms with Crippen LogP contribution in [0.25, 0.3) is 11.5 Å². The number of hydrogen-bond donors (Lipinski definition) is 0. The van der Waals surface area contributed by atoms with Crippen LogP contribution in [0.1, 0.15) is 57.8 Å². The molecule has 0 saturated carbocycles. The molecule has 2 aromatic rings. The predicted octanol–water partition coefficient (Wildman–Crippen LogP) is 2.97. The van der Waals surface area contributed by atoms with E-state index in [0.29, 0.717) is 43.6 Å². The van der Waals surface area contributed by atoms with Crippen LogP contribution in [0.15, 0.2) is 27.6 Å². The number of aromatic nitrogens is 3. The molecule has 2 aliphatic rings. The summed E-state index contributed by atoms with van der Waals surface area (Å²) in [7, 11) is 0. The Morgan fingerprint density at radius 1 is 1.20 bits per heavy atom. The zero-order valence-corrected chi connectivity index (χ0v) is 17.7. The first kappa shape index (κ1) is 20.6. The summed E-state index contributed by atoms with van der Waals surface area (Å²) in [6.07, 6.45) is 3.79. The van der Waals surface area contributed by atoms with Crippen LogP contribution in [0.4, 0.5) is 4.79 Å². The van der Waals surface area contributed by atoms with Crippen molar-refractivity contribution in [1.29, 1.82) is 0 Å². The Hall–Kier alpha value is -2.68. The summed E-state index contributed by atoms with van der Waals surface area (Å²) < 4.78 is 18.0. The molecule has 162 valence electrons. The summed E-state index contributed by atoms with van der Waals surface area (Å²) in [4.78, 5) is 30.7. The molecule has 9 nitrogen and oxygen atoms in total. The molecule has 0 bridgehead atoms. The second-order valence-electron chi connectivity index (χ2n) is 8.88. The molecule has 0 aliphatic carbocycles. The average Bonchev–Trinajstić information content (AvgIpc) is 3.40. The van der Waals surface area contributed by atoms with Crippen molar-refractivity contribution in [3.8, 4) is 11.5 Å². The molecule has 30 heavy (non-hydrogen) atoms. The van der Waals surface area contributed by atoms with Crippen molar-refractivity contribution in [2.24, 2.45) is 0 Å². The first-order valence-electron chi connectivity index (χ1n) is 10.4. The number of rotatable bonds is 3. The highest BCUT2D eigenvalue weighted by molar-refractivity contribution is 5.68. The molecule has 0 N–H and O–H groups in total. The van der Waals surface area contributed by atoms with Gasteiger partial charge in [0.05, 0.1) is 18.2 Å². The monoisotopic (exact) mass is 416 g/mol. The van der Waals surface area contributed by atoms with Crippen LogP contribution in [0, 0.1) is 0 Å². The number of likely N-dealkylation sites (tertiary alicyclic amines) is 1. The van der Waals surface area contributed by atoms with E-state index >= 15 is 0 Å². The van der Waals surface area contributed by atoms with Crippen LogP contribution in [0.5, 0.6) is 0 Å². The maximum atomic E-state index is 12.2. The molecule has 2 aromatic heterocycles. The van der Waals surface area contributed by atoms with Crippen molar-refractivity contribution >= 4 is 6.09 Å². The van der Waals surface area contributed by atoms with E-state index in [2.05, 4.69) is 10.1 Å². The highest BCUT2D eigenvalue weighted by Crippen LogP contribution is 2.29. The van der Waals surface area contributed by atoms with E-state index in [4.69, 9.17) is 14.0 Å². The lowest BCUT2D eigenvalue weighted by atomic mass is 9.96. The summed E-state index contributed by atoms with van der Waals surface area (Å²) >= 11 is 0. The minimum atomic E-state index is -0.502. The highest BCUT2D eigenvalue weighted by Gasteiger charge is 2.30. The van der Waals surface area contributed by atoms with E-state index in [9.17, 15) is 9.59 Å². The summed E-state index contributed by atoms with van der Waals surface area (Å²) in [6, 6.07) is 3.27. The SMILES string of the molecule is CC(C)(C)OC(=O)N1CCC(c2noc(-c3ccc(=O)n(C4CCOC4)c3)n2)CC1. The van der Waals surface area contributed by atoms with Gasteiger partial charge in [0.25, 0.3) is 11.4 Å². The topological polar surface area (TPSA) is 99.7 Å². The van der Waals surface area contributed by atoms with Gasteiger partial charge in [-0.15, -0.1) is 0 Å². The number of ether oxygens (including phenoxy) is 2. The van der Waals surface area contributed by atoms with Gasteiger partial charge < -0.3 is 23.5 Å². The van der Waals surface area contributed by atoms with Crippen molar-refractivity contribution in [2.45, 2.75) is 57.6 Å². The maximum Gasteiger partial charge on any atom is 0.410 e. The van der Waals surface area contributed by atoms with Gasteiger partial charge in [0.1, 0.15) is 5.60 Å². The fourth-order valence-corrected chi connectivity index (χ4v) is 3.82. The molecular weight excluding hydrogens is 388 g/mol. The van der Waals surface area contributed by atoms with Crippen molar-refractivity contribution < 1.29 is 18.8 Å².